The number of nitrogens with zero attached hydrogens (tertiary/aromatic N) is 1. The van der Waals surface area contributed by atoms with Gasteiger partial charge in [-0.25, -0.2) is 5.32 Å². The van der Waals surface area contributed by atoms with E-state index in [0.717, 1.165) is 34.0 Å². The second-order valence-electron chi connectivity index (χ2n) is 4.19. The van der Waals surface area contributed by atoms with Gasteiger partial charge < -0.3 is 16.8 Å². The lowest BCUT2D eigenvalue weighted by Crippen LogP contribution is -2.43. The number of hydrogen-bond donors (Lipinski definition) is 3. The van der Waals surface area contributed by atoms with Gasteiger partial charge in [-0.3, -0.25) is 0 Å². The highest BCUT2D eigenvalue weighted by atomic mass is 79.9. The van der Waals surface area contributed by atoms with E-state index in [-0.39, 0.29) is 6.17 Å². The van der Waals surface area contributed by atoms with E-state index in [9.17, 15) is 0 Å². The van der Waals surface area contributed by atoms with Gasteiger partial charge >= 0.3 is 0 Å². The quantitative estimate of drug-likeness (QED) is 0.706. The summed E-state index contributed by atoms with van der Waals surface area (Å²) in [5, 5.41) is 7.73. The van der Waals surface area contributed by atoms with E-state index in [1.54, 1.807) is 0 Å². The van der Waals surface area contributed by atoms with Gasteiger partial charge in [-0.15, -0.1) is 0 Å². The Balaban J connectivity index is 2.08. The van der Waals surface area contributed by atoms with Crippen LogP contribution in [0.25, 0.3) is 0 Å². The maximum absolute atomic E-state index is 5.85. The van der Waals surface area contributed by atoms with Crippen molar-refractivity contribution >= 4 is 43.2 Å². The molecular formula is C11H15Br2N4. The summed E-state index contributed by atoms with van der Waals surface area (Å²) in [6.45, 7) is 0.830. The minimum absolute atomic E-state index is 0.0399. The highest BCUT2D eigenvalue weighted by molar-refractivity contribution is 9.11. The Morgan fingerprint density at radius 2 is 1.94 bits per heavy atom. The molecule has 1 aromatic carbocycles. The van der Waals surface area contributed by atoms with Crippen LogP contribution in [0.15, 0.2) is 21.1 Å². The van der Waals surface area contributed by atoms with Crippen LogP contribution in [0.5, 0.6) is 0 Å². The Hall–Kier alpha value is -0.300. The van der Waals surface area contributed by atoms with Crippen molar-refractivity contribution in [3.8, 4) is 0 Å². The van der Waals surface area contributed by atoms with E-state index in [0.29, 0.717) is 11.7 Å². The van der Waals surface area contributed by atoms with Crippen LogP contribution < -0.4 is 22.1 Å². The van der Waals surface area contributed by atoms with Gasteiger partial charge in [0.05, 0.1) is 11.9 Å². The number of nitrogen functional groups attached to an aromatic ring is 1. The van der Waals surface area contributed by atoms with Gasteiger partial charge in [-0.05, 0) is 56.8 Å². The molecule has 0 aromatic heterocycles. The minimum atomic E-state index is -0.0399. The molecule has 1 aliphatic heterocycles. The largest absolute Gasteiger partial charge is 0.397 e. The maximum atomic E-state index is 5.85. The summed E-state index contributed by atoms with van der Waals surface area (Å²) in [7, 11) is 0. The summed E-state index contributed by atoms with van der Waals surface area (Å²) < 4.78 is 1.78. The number of rotatable bonds is 2. The number of nitrogens with two attached hydrogens (primary N) is 2. The molecule has 2 unspecified atom stereocenters. The average Bonchev–Trinajstić information content (AvgIpc) is 2.26. The molecule has 1 fully saturated rings. The van der Waals surface area contributed by atoms with E-state index < -0.39 is 0 Å². The zero-order chi connectivity index (χ0) is 12.4. The first kappa shape index (κ1) is 13.1. The van der Waals surface area contributed by atoms with Crippen molar-refractivity contribution in [1.82, 2.24) is 5.32 Å². The van der Waals surface area contributed by atoms with Crippen molar-refractivity contribution < 1.29 is 0 Å². The molecule has 1 saturated heterocycles. The summed E-state index contributed by atoms with van der Waals surface area (Å²) in [6, 6.07) is 4.35. The predicted molar refractivity (Wildman–Crippen MR) is 77.9 cm³/mol. The summed E-state index contributed by atoms with van der Waals surface area (Å²) >= 11 is 6.87. The molecule has 93 valence electrons. The lowest BCUT2D eigenvalue weighted by Gasteiger charge is -2.28. The lowest BCUT2D eigenvalue weighted by atomic mass is 10.0. The monoisotopic (exact) mass is 361 g/mol. The molecular weight excluding hydrogens is 348 g/mol. The number of piperidine rings is 1. The Labute approximate surface area is 118 Å². The number of benzene rings is 1. The molecule has 0 bridgehead atoms. The molecule has 1 aromatic rings. The topological polar surface area (TPSA) is 78.2 Å². The third kappa shape index (κ3) is 3.34. The van der Waals surface area contributed by atoms with E-state index in [1.807, 2.05) is 12.1 Å². The van der Waals surface area contributed by atoms with Gasteiger partial charge in [0.25, 0.3) is 0 Å². The smallest absolute Gasteiger partial charge is 0.0730 e. The Morgan fingerprint density at radius 1 is 1.29 bits per heavy atom. The molecule has 2 atom stereocenters. The SMILES string of the molecule is Nc1c(Br)cc(NC2CC[N]C(N)C2)cc1Br. The van der Waals surface area contributed by atoms with E-state index in [2.05, 4.69) is 42.5 Å². The number of hydrogen-bond acceptors (Lipinski definition) is 3. The molecule has 6 heteroatoms. The summed E-state index contributed by atoms with van der Waals surface area (Å²) in [5.41, 5.74) is 13.4. The lowest BCUT2D eigenvalue weighted by molar-refractivity contribution is 0.376. The van der Waals surface area contributed by atoms with Crippen molar-refractivity contribution in [2.75, 3.05) is 17.6 Å². The van der Waals surface area contributed by atoms with Gasteiger partial charge in [0, 0.05) is 27.2 Å². The molecule has 17 heavy (non-hydrogen) atoms. The first-order chi connectivity index (χ1) is 8.06. The fraction of sp³-hybridized carbons (Fsp3) is 0.455. The van der Waals surface area contributed by atoms with Crippen molar-refractivity contribution in [1.29, 1.82) is 0 Å². The van der Waals surface area contributed by atoms with Crippen LogP contribution >= 0.6 is 31.9 Å². The Bertz CT molecular complexity index is 387. The van der Waals surface area contributed by atoms with Crippen LogP contribution in [0.3, 0.4) is 0 Å². The average molecular weight is 363 g/mol. The zero-order valence-electron chi connectivity index (χ0n) is 9.29. The molecule has 1 aliphatic rings. The molecule has 2 rings (SSSR count). The molecule has 4 nitrogen and oxygen atoms in total. The second kappa shape index (κ2) is 5.56. The van der Waals surface area contributed by atoms with E-state index in [1.165, 1.54) is 0 Å². The third-order valence-electron chi connectivity index (χ3n) is 2.82. The minimum Gasteiger partial charge on any atom is -0.397 e. The van der Waals surface area contributed by atoms with Gasteiger partial charge in [0.1, 0.15) is 0 Å². The number of halogens is 2. The molecule has 5 N–H and O–H groups in total. The fourth-order valence-corrected chi connectivity index (χ4v) is 3.10. The first-order valence-corrected chi connectivity index (χ1v) is 7.08. The molecule has 1 heterocycles. The highest BCUT2D eigenvalue weighted by Gasteiger charge is 2.19. The Morgan fingerprint density at radius 3 is 2.53 bits per heavy atom. The van der Waals surface area contributed by atoms with E-state index in [4.69, 9.17) is 11.5 Å². The molecule has 1 radical (unpaired) electrons. The van der Waals surface area contributed by atoms with Crippen LogP contribution in [-0.2, 0) is 0 Å². The van der Waals surface area contributed by atoms with Crippen LogP contribution in [-0.4, -0.2) is 18.8 Å². The first-order valence-electron chi connectivity index (χ1n) is 5.49. The van der Waals surface area contributed by atoms with Crippen molar-refractivity contribution in [2.45, 2.75) is 25.0 Å². The maximum Gasteiger partial charge on any atom is 0.0730 e. The van der Waals surface area contributed by atoms with Crippen molar-refractivity contribution in [3.63, 3.8) is 0 Å². The van der Waals surface area contributed by atoms with Crippen molar-refractivity contribution in [2.24, 2.45) is 5.73 Å². The summed E-state index contributed by atoms with van der Waals surface area (Å²) in [4.78, 5) is 0. The second-order valence-corrected chi connectivity index (χ2v) is 5.90. The summed E-state index contributed by atoms with van der Waals surface area (Å²) in [6.07, 6.45) is 1.86. The van der Waals surface area contributed by atoms with Crippen LogP contribution in [0, 0.1) is 0 Å². The molecule has 0 amide bonds. The molecule has 0 aliphatic carbocycles. The van der Waals surface area contributed by atoms with Crippen LogP contribution in [0.1, 0.15) is 12.8 Å². The van der Waals surface area contributed by atoms with Gasteiger partial charge in [-0.2, -0.15) is 0 Å². The normalized spacial score (nSPS) is 24.6. The fourth-order valence-electron chi connectivity index (χ4n) is 1.91. The van der Waals surface area contributed by atoms with E-state index >= 15 is 0 Å². The van der Waals surface area contributed by atoms with Gasteiger partial charge in [0.15, 0.2) is 0 Å². The molecule has 0 spiro atoms. The van der Waals surface area contributed by atoms with Crippen molar-refractivity contribution in [3.05, 3.63) is 21.1 Å². The summed E-state index contributed by atoms with van der Waals surface area (Å²) in [5.74, 6) is 0. The number of nitrogens with one attached hydrogen (secondary N) is 1. The zero-order valence-corrected chi connectivity index (χ0v) is 12.5. The van der Waals surface area contributed by atoms with Gasteiger partial charge in [-0.1, -0.05) is 0 Å². The molecule has 0 saturated carbocycles. The van der Waals surface area contributed by atoms with Crippen LogP contribution in [0.2, 0.25) is 0 Å². The highest BCUT2D eigenvalue weighted by Crippen LogP contribution is 2.32. The van der Waals surface area contributed by atoms with Gasteiger partial charge in [0.2, 0.25) is 0 Å². The van der Waals surface area contributed by atoms with Crippen LogP contribution in [0.4, 0.5) is 11.4 Å². The Kier molecular flexibility index (Phi) is 4.30. The third-order valence-corrected chi connectivity index (χ3v) is 4.13. The number of anilines is 2. The standard InChI is InChI=1S/C11H15Br2N4/c12-8-3-7(4-9(13)11(8)15)17-6-1-2-16-10(14)5-6/h3-4,6,10,17H,1-2,5,14-15H2. The predicted octanol–water partition coefficient (Wildman–Crippen LogP) is 2.26.